The zero-order valence-electron chi connectivity index (χ0n) is 10.3. The predicted octanol–water partition coefficient (Wildman–Crippen LogP) is 0.224. The van der Waals surface area contributed by atoms with Crippen LogP contribution in [0.1, 0.15) is 27.2 Å². The molecule has 0 aromatic rings. The Bertz CT molecular complexity index is 393. The predicted molar refractivity (Wildman–Crippen MR) is 60.1 cm³/mol. The summed E-state index contributed by atoms with van der Waals surface area (Å²) in [6, 6.07) is -1.34. The van der Waals surface area contributed by atoms with Crippen molar-refractivity contribution in [2.45, 2.75) is 38.8 Å². The van der Waals surface area contributed by atoms with Gasteiger partial charge in [0, 0.05) is 0 Å². The number of nitrogens with zero attached hydrogens (tertiary/aromatic N) is 2. The second-order valence-corrected chi connectivity index (χ2v) is 4.44. The maximum atomic E-state index is 11.4. The molecule has 0 radical (unpaired) electrons. The van der Waals surface area contributed by atoms with Gasteiger partial charge in [-0.1, -0.05) is 0 Å². The highest BCUT2D eigenvalue weighted by Gasteiger charge is 2.27. The minimum atomic E-state index is -1.34. The number of alkyl carbamates (subject to hydrolysis) is 1. The number of Topliss-reactive ketones (excluding diaryl/α,β-unsaturated/α-hetero) is 1. The Morgan fingerprint density at radius 2 is 2.00 bits per heavy atom. The van der Waals surface area contributed by atoms with E-state index in [0.717, 1.165) is 0 Å². The van der Waals surface area contributed by atoms with Crippen molar-refractivity contribution < 1.29 is 29.0 Å². The van der Waals surface area contributed by atoms with E-state index in [1.807, 2.05) is 0 Å². The van der Waals surface area contributed by atoms with Crippen LogP contribution >= 0.6 is 0 Å². The molecule has 0 saturated heterocycles. The molecular formula is C10H15N3O5. The number of nitrogens with one attached hydrogen (secondary N) is 1. The fourth-order valence-corrected chi connectivity index (χ4v) is 0.994. The summed E-state index contributed by atoms with van der Waals surface area (Å²) in [7, 11) is 0. The number of ketones is 1. The highest BCUT2D eigenvalue weighted by atomic mass is 16.6. The highest BCUT2D eigenvalue weighted by molar-refractivity contribution is 6.28. The van der Waals surface area contributed by atoms with E-state index in [2.05, 4.69) is 10.1 Å². The lowest BCUT2D eigenvalue weighted by molar-refractivity contribution is -0.139. The standard InChI is InChI=1S/C10H15N3O5/c1-10(2,3)18-9(17)13-6(4-8(15)16)7(14)5-12-11/h5-6H,4H2,1-3H3,(H,13,17)(H,15,16)/t6-/m1/s1. The number of amides is 1. The van der Waals surface area contributed by atoms with E-state index in [-0.39, 0.29) is 0 Å². The van der Waals surface area contributed by atoms with Crippen LogP contribution in [0.25, 0.3) is 5.53 Å². The topological polar surface area (TPSA) is 129 Å². The summed E-state index contributed by atoms with van der Waals surface area (Å²) in [5.74, 6) is -2.12. The summed E-state index contributed by atoms with van der Waals surface area (Å²) in [6.07, 6.45) is -1.04. The molecule has 0 saturated carbocycles. The number of ether oxygens (including phenoxy) is 1. The molecule has 1 atom stereocenters. The van der Waals surface area contributed by atoms with Crippen molar-refractivity contribution in [3.8, 4) is 0 Å². The summed E-state index contributed by atoms with van der Waals surface area (Å²) in [5, 5.41) is 10.7. The first kappa shape index (κ1) is 15.8. The molecule has 8 heteroatoms. The van der Waals surface area contributed by atoms with E-state index in [1.54, 1.807) is 20.8 Å². The van der Waals surface area contributed by atoms with Crippen molar-refractivity contribution in [2.24, 2.45) is 0 Å². The third kappa shape index (κ3) is 7.13. The molecular weight excluding hydrogens is 242 g/mol. The smallest absolute Gasteiger partial charge is 0.408 e. The third-order valence-corrected chi connectivity index (χ3v) is 1.60. The zero-order valence-corrected chi connectivity index (χ0v) is 10.3. The number of carbonyl (C=O) groups excluding carboxylic acids is 2. The van der Waals surface area contributed by atoms with Crippen LogP contribution < -0.4 is 5.32 Å². The fraction of sp³-hybridized carbons (Fsp3) is 0.600. The van der Waals surface area contributed by atoms with Crippen LogP contribution in [0.5, 0.6) is 0 Å². The van der Waals surface area contributed by atoms with Gasteiger partial charge in [-0.3, -0.25) is 9.59 Å². The lowest BCUT2D eigenvalue weighted by Crippen LogP contribution is -2.45. The van der Waals surface area contributed by atoms with Crippen molar-refractivity contribution in [3.05, 3.63) is 5.53 Å². The van der Waals surface area contributed by atoms with E-state index >= 15 is 0 Å². The summed E-state index contributed by atoms with van der Waals surface area (Å²) in [6.45, 7) is 4.86. The Morgan fingerprint density at radius 3 is 2.39 bits per heavy atom. The summed E-state index contributed by atoms with van der Waals surface area (Å²) in [4.78, 5) is 35.7. The number of carbonyl (C=O) groups is 3. The molecule has 0 aromatic heterocycles. The molecule has 2 N–H and O–H groups in total. The number of carboxylic acid groups (broad SMARTS) is 1. The number of rotatable bonds is 5. The highest BCUT2D eigenvalue weighted by Crippen LogP contribution is 2.07. The van der Waals surface area contributed by atoms with E-state index in [9.17, 15) is 14.4 Å². The average Bonchev–Trinajstić information content (AvgIpc) is 2.13. The fourth-order valence-electron chi connectivity index (χ4n) is 0.994. The summed E-state index contributed by atoms with van der Waals surface area (Å²) in [5.41, 5.74) is 7.43. The second kappa shape index (κ2) is 6.51. The SMILES string of the molecule is CC(C)(C)OC(=O)N[C@H](CC(=O)O)C(=O)C=[N+]=[N-]. The van der Waals surface area contributed by atoms with Crippen LogP contribution in [-0.2, 0) is 14.3 Å². The second-order valence-electron chi connectivity index (χ2n) is 4.44. The lowest BCUT2D eigenvalue weighted by atomic mass is 10.1. The van der Waals surface area contributed by atoms with Gasteiger partial charge in [0.05, 0.1) is 6.42 Å². The first-order valence-electron chi connectivity index (χ1n) is 5.08. The summed E-state index contributed by atoms with van der Waals surface area (Å²) < 4.78 is 4.88. The number of carboxylic acids is 1. The molecule has 8 nitrogen and oxygen atoms in total. The molecule has 0 heterocycles. The Labute approximate surface area is 104 Å². The Hall–Kier alpha value is -2.21. The third-order valence-electron chi connectivity index (χ3n) is 1.60. The molecule has 0 aliphatic carbocycles. The van der Waals surface area contributed by atoms with Crippen LogP contribution in [0.15, 0.2) is 0 Å². The van der Waals surface area contributed by atoms with E-state index < -0.39 is 35.9 Å². The van der Waals surface area contributed by atoms with Crippen LogP contribution in [0.3, 0.4) is 0 Å². The first-order valence-corrected chi connectivity index (χ1v) is 5.08. The Kier molecular flexibility index (Phi) is 5.71. The maximum Gasteiger partial charge on any atom is 0.408 e. The minimum Gasteiger partial charge on any atom is -0.481 e. The van der Waals surface area contributed by atoms with Gasteiger partial charge in [-0.15, -0.1) is 0 Å². The van der Waals surface area contributed by atoms with Crippen molar-refractivity contribution >= 4 is 24.1 Å². The molecule has 0 unspecified atom stereocenters. The zero-order chi connectivity index (χ0) is 14.3. The molecule has 100 valence electrons. The molecule has 18 heavy (non-hydrogen) atoms. The molecule has 0 aliphatic heterocycles. The van der Waals surface area contributed by atoms with Gasteiger partial charge in [0.1, 0.15) is 11.6 Å². The van der Waals surface area contributed by atoms with Gasteiger partial charge >= 0.3 is 18.3 Å². The van der Waals surface area contributed by atoms with E-state index in [1.165, 1.54) is 0 Å². The van der Waals surface area contributed by atoms with Gasteiger partial charge in [0.2, 0.25) is 0 Å². The number of hydrogen-bond donors (Lipinski definition) is 2. The van der Waals surface area contributed by atoms with Gasteiger partial charge in [-0.05, 0) is 20.8 Å². The van der Waals surface area contributed by atoms with Gasteiger partial charge < -0.3 is 20.7 Å². The van der Waals surface area contributed by atoms with E-state index in [0.29, 0.717) is 6.21 Å². The van der Waals surface area contributed by atoms with Crippen molar-refractivity contribution in [2.75, 3.05) is 0 Å². The number of aliphatic carboxylic acids is 1. The minimum absolute atomic E-state index is 0.519. The quantitative estimate of drug-likeness (QED) is 0.413. The van der Waals surface area contributed by atoms with Gasteiger partial charge in [0.25, 0.3) is 5.78 Å². The van der Waals surface area contributed by atoms with Gasteiger partial charge in [0.15, 0.2) is 0 Å². The Balaban J connectivity index is 4.69. The van der Waals surface area contributed by atoms with Gasteiger partial charge in [-0.2, -0.15) is 4.79 Å². The molecule has 0 bridgehead atoms. The van der Waals surface area contributed by atoms with Crippen LogP contribution in [0.4, 0.5) is 4.79 Å². The first-order chi connectivity index (χ1) is 8.15. The summed E-state index contributed by atoms with van der Waals surface area (Å²) >= 11 is 0. The molecule has 1 amide bonds. The van der Waals surface area contributed by atoms with Gasteiger partial charge in [-0.25, -0.2) is 4.79 Å². The molecule has 0 rings (SSSR count). The molecule has 0 aliphatic rings. The monoisotopic (exact) mass is 257 g/mol. The molecule has 0 fully saturated rings. The maximum absolute atomic E-state index is 11.4. The molecule has 0 aromatic carbocycles. The van der Waals surface area contributed by atoms with Crippen molar-refractivity contribution in [1.82, 2.24) is 5.32 Å². The van der Waals surface area contributed by atoms with E-state index in [4.69, 9.17) is 15.4 Å². The lowest BCUT2D eigenvalue weighted by Gasteiger charge is -2.21. The van der Waals surface area contributed by atoms with Crippen LogP contribution in [0.2, 0.25) is 0 Å². The average molecular weight is 257 g/mol. The van der Waals surface area contributed by atoms with Crippen LogP contribution in [0, 0.1) is 0 Å². The Morgan fingerprint density at radius 1 is 1.44 bits per heavy atom. The normalized spacial score (nSPS) is 11.9. The van der Waals surface area contributed by atoms with Crippen molar-refractivity contribution in [1.29, 1.82) is 0 Å². The largest absolute Gasteiger partial charge is 0.481 e. The van der Waals surface area contributed by atoms with Crippen molar-refractivity contribution in [3.63, 3.8) is 0 Å². The molecule has 0 spiro atoms. The number of hydrogen-bond acceptors (Lipinski definition) is 4. The van der Waals surface area contributed by atoms with Crippen LogP contribution in [-0.4, -0.2) is 45.6 Å².